The molecule has 0 fully saturated rings. The van der Waals surface area contributed by atoms with Gasteiger partial charge in [0.15, 0.2) is 11.5 Å². The maximum absolute atomic E-state index is 10.4. The van der Waals surface area contributed by atoms with Gasteiger partial charge in [0.1, 0.15) is 6.61 Å². The molecule has 6 nitrogen and oxygen atoms in total. The molecule has 3 aromatic rings. The zero-order valence-electron chi connectivity index (χ0n) is 20.6. The molecule has 0 amide bonds. The number of ether oxygens (including phenoxy) is 2. The normalized spacial score (nSPS) is 17.0. The second-order valence-corrected chi connectivity index (χ2v) is 8.71. The summed E-state index contributed by atoms with van der Waals surface area (Å²) >= 11 is 0. The van der Waals surface area contributed by atoms with E-state index in [-0.39, 0.29) is 6.04 Å². The number of nitrogens with zero attached hydrogens (tertiary/aromatic N) is 2. The molecule has 0 bridgehead atoms. The van der Waals surface area contributed by atoms with E-state index in [0.717, 1.165) is 45.0 Å². The molecule has 1 aliphatic rings. The third-order valence-corrected chi connectivity index (χ3v) is 6.35. The van der Waals surface area contributed by atoms with Crippen molar-refractivity contribution in [1.29, 1.82) is 0 Å². The second kappa shape index (κ2) is 9.77. The molecule has 1 N–H and O–H groups in total. The Labute approximate surface area is 201 Å². The van der Waals surface area contributed by atoms with Crippen molar-refractivity contribution in [3.8, 4) is 11.1 Å². The highest BCUT2D eigenvalue weighted by molar-refractivity contribution is 5.68. The van der Waals surface area contributed by atoms with Gasteiger partial charge < -0.3 is 24.0 Å². The average Bonchev–Trinajstić information content (AvgIpc) is 3.16. The number of allylic oxidation sites excluding steroid dienone is 2. The molecule has 2 unspecified atom stereocenters. The molecule has 4 rings (SSSR count). The van der Waals surface area contributed by atoms with Crippen molar-refractivity contribution in [3.05, 3.63) is 94.2 Å². The van der Waals surface area contributed by atoms with Gasteiger partial charge in [-0.15, -0.1) is 0 Å². The lowest BCUT2D eigenvalue weighted by Crippen LogP contribution is -2.37. The Balaban J connectivity index is 1.59. The largest absolute Gasteiger partial charge is 0.495 e. The summed E-state index contributed by atoms with van der Waals surface area (Å²) in [5, 5.41) is 14.5. The Bertz CT molecular complexity index is 1220. The zero-order valence-corrected chi connectivity index (χ0v) is 20.6. The van der Waals surface area contributed by atoms with E-state index in [1.54, 1.807) is 14.0 Å². The Kier molecular flexibility index (Phi) is 6.80. The van der Waals surface area contributed by atoms with E-state index in [1.165, 1.54) is 0 Å². The third kappa shape index (κ3) is 4.46. The summed E-state index contributed by atoms with van der Waals surface area (Å²) in [6.45, 7) is 10.1. The number of hydrogen-bond donors (Lipinski definition) is 1. The van der Waals surface area contributed by atoms with Gasteiger partial charge in [0.2, 0.25) is 5.88 Å². The van der Waals surface area contributed by atoms with Crippen LogP contribution in [0.3, 0.4) is 0 Å². The minimum Gasteiger partial charge on any atom is -0.495 e. The summed E-state index contributed by atoms with van der Waals surface area (Å²) < 4.78 is 17.6. The number of aromatic nitrogens is 1. The molecule has 0 radical (unpaired) electrons. The molecule has 2 atom stereocenters. The van der Waals surface area contributed by atoms with Crippen molar-refractivity contribution in [1.82, 2.24) is 5.16 Å². The maximum Gasteiger partial charge on any atom is 0.235 e. The number of anilines is 1. The van der Waals surface area contributed by atoms with Gasteiger partial charge >= 0.3 is 0 Å². The first-order valence-electron chi connectivity index (χ1n) is 11.5. The van der Waals surface area contributed by atoms with Gasteiger partial charge in [-0.1, -0.05) is 47.6 Å². The molecular weight excluding hydrogens is 428 g/mol. The minimum absolute atomic E-state index is 0.121. The Morgan fingerprint density at radius 1 is 1.12 bits per heavy atom. The lowest BCUT2D eigenvalue weighted by molar-refractivity contribution is 0.164. The van der Waals surface area contributed by atoms with Gasteiger partial charge in [0, 0.05) is 17.3 Å². The van der Waals surface area contributed by atoms with Crippen LogP contribution in [0.4, 0.5) is 5.88 Å². The van der Waals surface area contributed by atoms with Crippen LogP contribution in [0.15, 0.2) is 76.3 Å². The van der Waals surface area contributed by atoms with Crippen LogP contribution in [0.25, 0.3) is 11.1 Å². The number of methoxy groups -OCH3 is 1. The van der Waals surface area contributed by atoms with Gasteiger partial charge in [-0.2, -0.15) is 0 Å². The number of hydrogen-bond acceptors (Lipinski definition) is 6. The van der Waals surface area contributed by atoms with Crippen LogP contribution in [0.5, 0.6) is 0 Å². The maximum atomic E-state index is 10.4. The number of aliphatic hydroxyl groups excluding tert-OH is 1. The SMILES string of the molecule is COC1=C(OCc2ccc(-c3ccccc3)c(C(C)O)c2)C=C(C)N(c2onc(C)c2C)C1C. The molecule has 6 heteroatoms. The first-order chi connectivity index (χ1) is 16.3. The van der Waals surface area contributed by atoms with Gasteiger partial charge in [-0.05, 0) is 62.9 Å². The first-order valence-corrected chi connectivity index (χ1v) is 11.5. The van der Waals surface area contributed by atoms with Gasteiger partial charge in [0.25, 0.3) is 0 Å². The Hall–Kier alpha value is -3.51. The van der Waals surface area contributed by atoms with Crippen LogP contribution < -0.4 is 4.90 Å². The second-order valence-electron chi connectivity index (χ2n) is 8.71. The molecule has 2 aromatic carbocycles. The quantitative estimate of drug-likeness (QED) is 0.453. The molecule has 2 heterocycles. The fraction of sp³-hybridized carbons (Fsp3) is 0.321. The fourth-order valence-electron chi connectivity index (χ4n) is 4.40. The highest BCUT2D eigenvalue weighted by Gasteiger charge is 2.32. The van der Waals surface area contributed by atoms with Gasteiger partial charge in [0.05, 0.1) is 24.9 Å². The third-order valence-electron chi connectivity index (χ3n) is 6.35. The predicted octanol–water partition coefficient (Wildman–Crippen LogP) is 6.20. The number of aliphatic hydroxyl groups is 1. The standard InChI is InChI=1S/C28H32N2O4/c1-17-14-26(27(32-6)20(4)30(17)28-18(2)19(3)29-34-28)33-16-22-12-13-24(25(15-22)21(5)31)23-10-8-7-9-11-23/h7-15,20-21,31H,16H2,1-6H3. The van der Waals surface area contributed by atoms with E-state index in [1.807, 2.05) is 75.4 Å². The summed E-state index contributed by atoms with van der Waals surface area (Å²) in [5.74, 6) is 2.12. The molecule has 0 saturated heterocycles. The highest BCUT2D eigenvalue weighted by Crippen LogP contribution is 2.36. The van der Waals surface area contributed by atoms with E-state index in [4.69, 9.17) is 14.0 Å². The van der Waals surface area contributed by atoms with E-state index < -0.39 is 6.10 Å². The monoisotopic (exact) mass is 460 g/mol. The summed E-state index contributed by atoms with van der Waals surface area (Å²) in [6, 6.07) is 16.1. The molecule has 178 valence electrons. The lowest BCUT2D eigenvalue weighted by Gasteiger charge is -2.34. The van der Waals surface area contributed by atoms with Crippen molar-refractivity contribution >= 4 is 5.88 Å². The van der Waals surface area contributed by atoms with Crippen LogP contribution in [0.1, 0.15) is 49.3 Å². The van der Waals surface area contributed by atoms with E-state index in [0.29, 0.717) is 18.3 Å². The Morgan fingerprint density at radius 3 is 2.47 bits per heavy atom. The van der Waals surface area contributed by atoms with Crippen LogP contribution >= 0.6 is 0 Å². The molecule has 1 aliphatic heterocycles. The van der Waals surface area contributed by atoms with Gasteiger partial charge in [-0.25, -0.2) is 0 Å². The van der Waals surface area contributed by atoms with Crippen molar-refractivity contribution in [2.75, 3.05) is 12.0 Å². The van der Waals surface area contributed by atoms with Crippen LogP contribution in [-0.2, 0) is 16.1 Å². The van der Waals surface area contributed by atoms with E-state index in [9.17, 15) is 5.11 Å². The Morgan fingerprint density at radius 2 is 1.85 bits per heavy atom. The first kappa shape index (κ1) is 23.6. The van der Waals surface area contributed by atoms with Crippen molar-refractivity contribution in [2.45, 2.75) is 53.4 Å². The predicted molar refractivity (Wildman–Crippen MR) is 133 cm³/mol. The van der Waals surface area contributed by atoms with Crippen molar-refractivity contribution in [2.24, 2.45) is 0 Å². The molecule has 34 heavy (non-hydrogen) atoms. The number of benzene rings is 2. The zero-order chi connectivity index (χ0) is 24.4. The van der Waals surface area contributed by atoms with Crippen molar-refractivity contribution in [3.63, 3.8) is 0 Å². The lowest BCUT2D eigenvalue weighted by atomic mass is 9.95. The number of aryl methyl sites for hydroxylation is 1. The van der Waals surface area contributed by atoms with Crippen LogP contribution in [0, 0.1) is 13.8 Å². The molecule has 0 saturated carbocycles. The van der Waals surface area contributed by atoms with Crippen molar-refractivity contribution < 1.29 is 19.1 Å². The summed E-state index contributed by atoms with van der Waals surface area (Å²) in [4.78, 5) is 2.07. The summed E-state index contributed by atoms with van der Waals surface area (Å²) in [5.41, 5.74) is 6.79. The summed E-state index contributed by atoms with van der Waals surface area (Å²) in [6.07, 6.45) is 1.37. The van der Waals surface area contributed by atoms with Crippen LogP contribution in [0.2, 0.25) is 0 Å². The average molecular weight is 461 g/mol. The van der Waals surface area contributed by atoms with Gasteiger partial charge in [-0.3, -0.25) is 0 Å². The molecule has 0 spiro atoms. The molecule has 0 aliphatic carbocycles. The van der Waals surface area contributed by atoms with E-state index >= 15 is 0 Å². The fourth-order valence-corrected chi connectivity index (χ4v) is 4.40. The molecular formula is C28H32N2O4. The number of rotatable bonds is 7. The van der Waals surface area contributed by atoms with E-state index in [2.05, 4.69) is 17.0 Å². The highest BCUT2D eigenvalue weighted by atomic mass is 16.5. The molecule has 1 aromatic heterocycles. The van der Waals surface area contributed by atoms with Crippen LogP contribution in [-0.4, -0.2) is 23.4 Å². The topological polar surface area (TPSA) is 68.0 Å². The smallest absolute Gasteiger partial charge is 0.235 e. The summed E-state index contributed by atoms with van der Waals surface area (Å²) in [7, 11) is 1.65. The minimum atomic E-state index is -0.595.